The van der Waals surface area contributed by atoms with Gasteiger partial charge in [-0.15, -0.1) is 0 Å². The third kappa shape index (κ3) is 2.69. The fourth-order valence-electron chi connectivity index (χ4n) is 3.35. The van der Waals surface area contributed by atoms with E-state index in [0.29, 0.717) is 5.82 Å². The number of fused-ring (bicyclic) bond motifs is 2. The number of hydrogen-bond donors (Lipinski definition) is 1. The summed E-state index contributed by atoms with van der Waals surface area (Å²) in [6, 6.07) is 13.7. The smallest absolute Gasteiger partial charge is 0.323 e. The predicted octanol–water partition coefficient (Wildman–Crippen LogP) is 3.46. The van der Waals surface area contributed by atoms with E-state index < -0.39 is 5.97 Å². The number of pyridine rings is 1. The van der Waals surface area contributed by atoms with Gasteiger partial charge < -0.3 is 19.5 Å². The summed E-state index contributed by atoms with van der Waals surface area (Å²) in [4.78, 5) is 17.5. The van der Waals surface area contributed by atoms with Gasteiger partial charge in [0, 0.05) is 23.7 Å². The van der Waals surface area contributed by atoms with Crippen LogP contribution in [0.15, 0.2) is 42.5 Å². The first-order valence-electron chi connectivity index (χ1n) is 8.27. The van der Waals surface area contributed by atoms with Crippen LogP contribution >= 0.6 is 0 Å². The number of aryl methyl sites for hydroxylation is 1. The molecule has 6 heteroatoms. The highest BCUT2D eigenvalue weighted by Gasteiger charge is 2.19. The highest BCUT2D eigenvalue weighted by molar-refractivity contribution is 6.03. The van der Waals surface area contributed by atoms with Gasteiger partial charge in [0.2, 0.25) is 6.79 Å². The van der Waals surface area contributed by atoms with Crippen molar-refractivity contribution in [3.63, 3.8) is 0 Å². The molecule has 0 unspecified atom stereocenters. The fourth-order valence-corrected chi connectivity index (χ4v) is 3.35. The van der Waals surface area contributed by atoms with Gasteiger partial charge in [0.25, 0.3) is 0 Å². The van der Waals surface area contributed by atoms with Crippen LogP contribution in [0.25, 0.3) is 21.9 Å². The zero-order valence-electron chi connectivity index (χ0n) is 14.5. The van der Waals surface area contributed by atoms with Crippen molar-refractivity contribution in [2.75, 3.05) is 25.3 Å². The molecule has 1 aromatic heterocycles. The lowest BCUT2D eigenvalue weighted by atomic mass is 9.97. The van der Waals surface area contributed by atoms with Crippen LogP contribution in [-0.2, 0) is 4.79 Å². The van der Waals surface area contributed by atoms with Gasteiger partial charge in [0.1, 0.15) is 12.4 Å². The zero-order chi connectivity index (χ0) is 18.3. The Balaban J connectivity index is 1.92. The maximum atomic E-state index is 11.1. The molecule has 1 aliphatic rings. The van der Waals surface area contributed by atoms with Crippen LogP contribution in [0.1, 0.15) is 5.69 Å². The van der Waals surface area contributed by atoms with Crippen molar-refractivity contribution < 1.29 is 19.4 Å². The minimum absolute atomic E-state index is 0.111. The monoisotopic (exact) mass is 350 g/mol. The van der Waals surface area contributed by atoms with E-state index in [1.165, 1.54) is 0 Å². The van der Waals surface area contributed by atoms with Crippen LogP contribution in [0.2, 0.25) is 0 Å². The van der Waals surface area contributed by atoms with Crippen molar-refractivity contribution >= 4 is 22.6 Å². The van der Waals surface area contributed by atoms with Crippen molar-refractivity contribution in [2.45, 2.75) is 6.92 Å². The van der Waals surface area contributed by atoms with E-state index in [2.05, 4.69) is 0 Å². The van der Waals surface area contributed by atoms with Crippen LogP contribution in [0.5, 0.6) is 11.5 Å². The first-order valence-corrected chi connectivity index (χ1v) is 8.27. The number of ether oxygens (including phenoxy) is 2. The molecule has 0 aliphatic carbocycles. The van der Waals surface area contributed by atoms with E-state index in [1.54, 1.807) is 11.9 Å². The van der Waals surface area contributed by atoms with Crippen molar-refractivity contribution in [3.8, 4) is 22.6 Å². The molecule has 132 valence electrons. The summed E-state index contributed by atoms with van der Waals surface area (Å²) in [7, 11) is 1.74. The number of aliphatic carboxylic acids is 1. The van der Waals surface area contributed by atoms with E-state index in [0.717, 1.165) is 39.1 Å². The number of aromatic nitrogens is 1. The molecule has 4 rings (SSSR count). The third-order valence-corrected chi connectivity index (χ3v) is 4.47. The highest BCUT2D eigenvalue weighted by Crippen LogP contribution is 2.40. The van der Waals surface area contributed by atoms with E-state index in [4.69, 9.17) is 19.6 Å². The summed E-state index contributed by atoms with van der Waals surface area (Å²) in [5.41, 5.74) is 2.82. The number of rotatable bonds is 4. The molecule has 0 spiro atoms. The average molecular weight is 350 g/mol. The molecule has 0 atom stereocenters. The quantitative estimate of drug-likeness (QED) is 0.777. The first-order chi connectivity index (χ1) is 12.5. The zero-order valence-corrected chi connectivity index (χ0v) is 14.5. The van der Waals surface area contributed by atoms with Crippen LogP contribution in [0.3, 0.4) is 0 Å². The Morgan fingerprint density at radius 2 is 1.88 bits per heavy atom. The number of carboxylic acid groups (broad SMARTS) is 1. The molecule has 1 aliphatic heterocycles. The summed E-state index contributed by atoms with van der Waals surface area (Å²) in [6.45, 7) is 2.06. The van der Waals surface area contributed by atoms with Gasteiger partial charge in [-0.2, -0.15) is 0 Å². The van der Waals surface area contributed by atoms with Gasteiger partial charge in [0.05, 0.1) is 0 Å². The normalized spacial score (nSPS) is 12.4. The Hall–Kier alpha value is -3.28. The average Bonchev–Trinajstić information content (AvgIpc) is 3.08. The molecule has 0 bridgehead atoms. The number of nitrogens with zero attached hydrogens (tertiary/aromatic N) is 2. The highest BCUT2D eigenvalue weighted by atomic mass is 16.7. The van der Waals surface area contributed by atoms with Crippen molar-refractivity contribution in [2.24, 2.45) is 0 Å². The second-order valence-corrected chi connectivity index (χ2v) is 6.26. The summed E-state index contributed by atoms with van der Waals surface area (Å²) in [5.74, 6) is 1.22. The second-order valence-electron chi connectivity index (χ2n) is 6.26. The molecule has 26 heavy (non-hydrogen) atoms. The Labute approximate surface area is 150 Å². The standard InChI is InChI=1S/C20H18N2O4/c1-12-19(13-7-8-16-17(9-13)26-11-25-16)14-5-3-4-6-15(14)20(21-12)22(2)10-18(23)24/h3-9H,10-11H2,1-2H3,(H,23,24). The predicted molar refractivity (Wildman–Crippen MR) is 98.9 cm³/mol. The Bertz CT molecular complexity index is 1020. The topological polar surface area (TPSA) is 71.9 Å². The second kappa shape index (κ2) is 6.22. The molecular formula is C20H18N2O4. The van der Waals surface area contributed by atoms with Crippen LogP contribution < -0.4 is 14.4 Å². The maximum Gasteiger partial charge on any atom is 0.323 e. The first kappa shape index (κ1) is 16.2. The molecule has 1 N–H and O–H groups in total. The Morgan fingerprint density at radius 1 is 1.15 bits per heavy atom. The summed E-state index contributed by atoms with van der Waals surface area (Å²) in [5, 5.41) is 11.0. The molecule has 0 radical (unpaired) electrons. The largest absolute Gasteiger partial charge is 0.480 e. The lowest BCUT2D eigenvalue weighted by Gasteiger charge is -2.21. The summed E-state index contributed by atoms with van der Waals surface area (Å²) >= 11 is 0. The lowest BCUT2D eigenvalue weighted by molar-refractivity contribution is -0.135. The van der Waals surface area contributed by atoms with E-state index in [9.17, 15) is 4.79 Å². The van der Waals surface area contributed by atoms with E-state index in [1.807, 2.05) is 49.4 Å². The number of anilines is 1. The molecule has 2 aromatic carbocycles. The molecule has 0 amide bonds. The molecule has 3 aromatic rings. The van der Waals surface area contributed by atoms with Gasteiger partial charge in [-0.05, 0) is 30.0 Å². The van der Waals surface area contributed by atoms with Crippen LogP contribution in [0.4, 0.5) is 5.82 Å². The number of likely N-dealkylation sites (N-methyl/N-ethyl adjacent to an activating group) is 1. The lowest BCUT2D eigenvalue weighted by Crippen LogP contribution is -2.26. The van der Waals surface area contributed by atoms with Gasteiger partial charge >= 0.3 is 5.97 Å². The minimum Gasteiger partial charge on any atom is -0.480 e. The summed E-state index contributed by atoms with van der Waals surface area (Å²) < 4.78 is 10.9. The Kier molecular flexibility index (Phi) is 3.88. The third-order valence-electron chi connectivity index (χ3n) is 4.47. The van der Waals surface area contributed by atoms with Crippen LogP contribution in [-0.4, -0.2) is 36.4 Å². The minimum atomic E-state index is -0.893. The maximum absolute atomic E-state index is 11.1. The number of carboxylic acids is 1. The molecular weight excluding hydrogens is 332 g/mol. The fraction of sp³-hybridized carbons (Fsp3) is 0.200. The van der Waals surface area contributed by atoms with Gasteiger partial charge in [-0.3, -0.25) is 4.79 Å². The van der Waals surface area contributed by atoms with E-state index >= 15 is 0 Å². The molecule has 0 saturated carbocycles. The van der Waals surface area contributed by atoms with Gasteiger partial charge in [-0.25, -0.2) is 4.98 Å². The molecule has 0 saturated heterocycles. The summed E-state index contributed by atoms with van der Waals surface area (Å²) in [6.07, 6.45) is 0. The van der Waals surface area contributed by atoms with Crippen molar-refractivity contribution in [1.29, 1.82) is 0 Å². The number of hydrogen-bond acceptors (Lipinski definition) is 5. The molecule has 2 heterocycles. The molecule has 0 fully saturated rings. The SMILES string of the molecule is Cc1nc(N(C)CC(=O)O)c2ccccc2c1-c1ccc2c(c1)OCO2. The van der Waals surface area contributed by atoms with Gasteiger partial charge in [-0.1, -0.05) is 30.3 Å². The Morgan fingerprint density at radius 3 is 2.65 bits per heavy atom. The van der Waals surface area contributed by atoms with E-state index in [-0.39, 0.29) is 13.3 Å². The number of carbonyl (C=O) groups is 1. The van der Waals surface area contributed by atoms with Crippen LogP contribution in [0, 0.1) is 6.92 Å². The molecule has 6 nitrogen and oxygen atoms in total. The van der Waals surface area contributed by atoms with Gasteiger partial charge in [0.15, 0.2) is 11.5 Å². The van der Waals surface area contributed by atoms with Crippen molar-refractivity contribution in [3.05, 3.63) is 48.2 Å². The van der Waals surface area contributed by atoms with Crippen molar-refractivity contribution in [1.82, 2.24) is 4.98 Å². The number of benzene rings is 2.